The summed E-state index contributed by atoms with van der Waals surface area (Å²) >= 11 is 5.48. The summed E-state index contributed by atoms with van der Waals surface area (Å²) in [5.74, 6) is 0. The molecule has 1 spiro atoms. The van der Waals surface area contributed by atoms with Gasteiger partial charge in [-0.3, -0.25) is 0 Å². The Morgan fingerprint density at radius 1 is 1.18 bits per heavy atom. The lowest BCUT2D eigenvalue weighted by Crippen LogP contribution is -2.61. The second-order valence-corrected chi connectivity index (χ2v) is 5.42. The van der Waals surface area contributed by atoms with E-state index in [-0.39, 0.29) is 5.66 Å². The zero-order valence-electron chi connectivity index (χ0n) is 9.99. The number of hydrogen-bond donors (Lipinski definition) is 2. The van der Waals surface area contributed by atoms with E-state index in [1.165, 1.54) is 5.69 Å². The molecule has 2 heterocycles. The average Bonchev–Trinajstić information content (AvgIpc) is 2.34. The van der Waals surface area contributed by atoms with Crippen molar-refractivity contribution in [3.63, 3.8) is 0 Å². The summed E-state index contributed by atoms with van der Waals surface area (Å²) in [6.07, 6.45) is 2.16. The summed E-state index contributed by atoms with van der Waals surface area (Å²) in [4.78, 5) is 3.24. The van der Waals surface area contributed by atoms with Crippen LogP contribution in [0.25, 0.3) is 0 Å². The van der Waals surface area contributed by atoms with E-state index in [9.17, 15) is 0 Å². The smallest absolute Gasteiger partial charge is 0.111 e. The van der Waals surface area contributed by atoms with Crippen molar-refractivity contribution in [2.24, 2.45) is 0 Å². The van der Waals surface area contributed by atoms with Gasteiger partial charge < -0.3 is 15.5 Å². The van der Waals surface area contributed by atoms with Gasteiger partial charge in [-0.15, -0.1) is 0 Å². The minimum atomic E-state index is -0.0298. The third kappa shape index (κ3) is 1.91. The summed E-state index contributed by atoms with van der Waals surface area (Å²) in [6.45, 7) is 2.20. The fourth-order valence-corrected chi connectivity index (χ4v) is 2.99. The van der Waals surface area contributed by atoms with E-state index >= 15 is 0 Å². The Kier molecular flexibility index (Phi) is 2.56. The third-order valence-corrected chi connectivity index (χ3v) is 4.06. The van der Waals surface area contributed by atoms with Gasteiger partial charge in [0, 0.05) is 37.2 Å². The first kappa shape index (κ1) is 11.0. The molecule has 17 heavy (non-hydrogen) atoms. The number of para-hydroxylation sites is 1. The number of piperidine rings is 1. The molecule has 3 rings (SSSR count). The molecule has 2 aliphatic heterocycles. The van der Waals surface area contributed by atoms with Crippen LogP contribution >= 0.6 is 12.2 Å². The van der Waals surface area contributed by atoms with Gasteiger partial charge in [0.25, 0.3) is 0 Å². The van der Waals surface area contributed by atoms with E-state index in [2.05, 4.69) is 40.8 Å². The van der Waals surface area contributed by atoms with Crippen LogP contribution in [-0.4, -0.2) is 35.7 Å². The maximum absolute atomic E-state index is 5.48. The summed E-state index contributed by atoms with van der Waals surface area (Å²) in [6, 6.07) is 8.27. The average molecular weight is 247 g/mol. The zero-order valence-corrected chi connectivity index (χ0v) is 10.8. The van der Waals surface area contributed by atoms with Gasteiger partial charge in [-0.25, -0.2) is 0 Å². The largest absolute Gasteiger partial charge is 0.362 e. The second-order valence-electron chi connectivity index (χ2n) is 5.01. The molecule has 0 unspecified atom stereocenters. The van der Waals surface area contributed by atoms with Crippen LogP contribution in [0.1, 0.15) is 18.4 Å². The molecule has 0 aliphatic carbocycles. The quantitative estimate of drug-likeness (QED) is 0.684. The molecule has 0 atom stereocenters. The first-order valence-corrected chi connectivity index (χ1v) is 6.48. The van der Waals surface area contributed by atoms with E-state index in [0.717, 1.165) is 36.5 Å². The van der Waals surface area contributed by atoms with Gasteiger partial charge in [-0.1, -0.05) is 24.4 Å². The fourth-order valence-electron chi connectivity index (χ4n) is 2.61. The van der Waals surface area contributed by atoms with Crippen LogP contribution in [0.15, 0.2) is 24.3 Å². The summed E-state index contributed by atoms with van der Waals surface area (Å²) < 4.78 is 0. The minimum Gasteiger partial charge on any atom is -0.362 e. The predicted octanol–water partition coefficient (Wildman–Crippen LogP) is 1.80. The number of benzene rings is 1. The third-order valence-electron chi connectivity index (χ3n) is 3.74. The van der Waals surface area contributed by atoms with Crippen molar-refractivity contribution in [1.29, 1.82) is 0 Å². The van der Waals surface area contributed by atoms with Crippen LogP contribution < -0.4 is 10.6 Å². The summed E-state index contributed by atoms with van der Waals surface area (Å²) in [5, 5.41) is 7.14. The van der Waals surface area contributed by atoms with Crippen LogP contribution in [0.4, 0.5) is 5.69 Å². The SMILES string of the molecule is CN1CCC2(CC1)NC(=S)c1ccccc1N2. The van der Waals surface area contributed by atoms with E-state index in [4.69, 9.17) is 12.2 Å². The first-order chi connectivity index (χ1) is 8.19. The Morgan fingerprint density at radius 2 is 1.88 bits per heavy atom. The molecular formula is C13H17N3S. The van der Waals surface area contributed by atoms with Gasteiger partial charge >= 0.3 is 0 Å². The molecule has 1 fully saturated rings. The molecule has 1 saturated heterocycles. The lowest BCUT2D eigenvalue weighted by atomic mass is 9.93. The maximum atomic E-state index is 5.48. The van der Waals surface area contributed by atoms with Crippen molar-refractivity contribution in [3.8, 4) is 0 Å². The highest BCUT2D eigenvalue weighted by atomic mass is 32.1. The van der Waals surface area contributed by atoms with Gasteiger partial charge in [-0.2, -0.15) is 0 Å². The van der Waals surface area contributed by atoms with Gasteiger partial charge in [-0.05, 0) is 19.2 Å². The molecule has 90 valence electrons. The number of rotatable bonds is 0. The number of anilines is 1. The highest BCUT2D eigenvalue weighted by Gasteiger charge is 2.37. The van der Waals surface area contributed by atoms with Crippen LogP contribution in [0.3, 0.4) is 0 Å². The van der Waals surface area contributed by atoms with Crippen molar-refractivity contribution in [3.05, 3.63) is 29.8 Å². The van der Waals surface area contributed by atoms with Gasteiger partial charge in [0.1, 0.15) is 10.7 Å². The van der Waals surface area contributed by atoms with Crippen molar-refractivity contribution in [2.75, 3.05) is 25.5 Å². The monoisotopic (exact) mass is 247 g/mol. The Labute approximate surface area is 107 Å². The van der Waals surface area contributed by atoms with Crippen LogP contribution in [-0.2, 0) is 0 Å². The van der Waals surface area contributed by atoms with Gasteiger partial charge in [0.05, 0.1) is 0 Å². The number of nitrogens with one attached hydrogen (secondary N) is 2. The Balaban J connectivity index is 1.91. The zero-order chi connectivity index (χ0) is 11.9. The number of thiocarbonyl (C=S) groups is 1. The van der Waals surface area contributed by atoms with Gasteiger partial charge in [0.2, 0.25) is 0 Å². The minimum absolute atomic E-state index is 0.0298. The highest BCUT2D eigenvalue weighted by molar-refractivity contribution is 7.80. The second kappa shape index (κ2) is 3.96. The molecule has 0 saturated carbocycles. The summed E-state index contributed by atoms with van der Waals surface area (Å²) in [5.41, 5.74) is 2.26. The Hall–Kier alpha value is -1.13. The van der Waals surface area contributed by atoms with Crippen LogP contribution in [0.5, 0.6) is 0 Å². The van der Waals surface area contributed by atoms with Crippen molar-refractivity contribution in [1.82, 2.24) is 10.2 Å². The highest BCUT2D eigenvalue weighted by Crippen LogP contribution is 2.31. The standard InChI is InChI=1S/C13H17N3S/c1-16-8-6-13(7-9-16)14-11-5-3-2-4-10(11)12(17)15-13/h2-5,14H,6-9H2,1H3,(H,15,17). The molecule has 3 nitrogen and oxygen atoms in total. The lowest BCUT2D eigenvalue weighted by molar-refractivity contribution is 0.193. The molecule has 1 aromatic carbocycles. The van der Waals surface area contributed by atoms with Crippen molar-refractivity contribution < 1.29 is 0 Å². The van der Waals surface area contributed by atoms with Crippen LogP contribution in [0, 0.1) is 0 Å². The first-order valence-electron chi connectivity index (χ1n) is 6.07. The normalized spacial score (nSPS) is 22.8. The van der Waals surface area contributed by atoms with E-state index in [1.807, 2.05) is 6.07 Å². The number of nitrogens with zero attached hydrogens (tertiary/aromatic N) is 1. The molecule has 0 amide bonds. The number of fused-ring (bicyclic) bond motifs is 1. The fraction of sp³-hybridized carbons (Fsp3) is 0.462. The molecule has 0 aromatic heterocycles. The predicted molar refractivity (Wildman–Crippen MR) is 74.4 cm³/mol. The van der Waals surface area contributed by atoms with Crippen molar-refractivity contribution >= 4 is 22.9 Å². The maximum Gasteiger partial charge on any atom is 0.111 e. The molecule has 2 aliphatic rings. The summed E-state index contributed by atoms with van der Waals surface area (Å²) in [7, 11) is 2.17. The molecule has 0 bridgehead atoms. The van der Waals surface area contributed by atoms with E-state index in [0.29, 0.717) is 0 Å². The van der Waals surface area contributed by atoms with E-state index < -0.39 is 0 Å². The lowest BCUT2D eigenvalue weighted by Gasteiger charge is -2.46. The van der Waals surface area contributed by atoms with Crippen molar-refractivity contribution in [2.45, 2.75) is 18.5 Å². The molecule has 1 aromatic rings. The van der Waals surface area contributed by atoms with E-state index in [1.54, 1.807) is 0 Å². The Bertz CT molecular complexity index is 450. The molecule has 4 heteroatoms. The topological polar surface area (TPSA) is 27.3 Å². The Morgan fingerprint density at radius 3 is 2.65 bits per heavy atom. The molecular weight excluding hydrogens is 230 g/mol. The molecule has 0 radical (unpaired) electrons. The number of hydrogen-bond acceptors (Lipinski definition) is 3. The molecule has 2 N–H and O–H groups in total. The van der Waals surface area contributed by atoms with Crippen LogP contribution in [0.2, 0.25) is 0 Å². The van der Waals surface area contributed by atoms with Gasteiger partial charge in [0.15, 0.2) is 0 Å². The number of likely N-dealkylation sites (tertiary alicyclic amines) is 1.